The molecule has 0 aliphatic carbocycles. The van der Waals surface area contributed by atoms with Crippen molar-refractivity contribution in [3.8, 4) is 11.4 Å². The van der Waals surface area contributed by atoms with E-state index in [0.717, 1.165) is 0 Å². The molecule has 1 heterocycles. The number of nitrogens with one attached hydrogen (secondary N) is 1. The molecule has 1 aromatic carbocycles. The van der Waals surface area contributed by atoms with Crippen LogP contribution in [0.25, 0.3) is 11.4 Å². The molecular weight excluding hydrogens is 273 g/mol. The fraction of sp³-hybridized carbons (Fsp3) is 0.429. The zero-order valence-corrected chi connectivity index (χ0v) is 12.5. The van der Waals surface area contributed by atoms with Crippen LogP contribution in [0, 0.1) is 5.82 Å². The average Bonchev–Trinajstić information content (AvgIpc) is 2.85. The Morgan fingerprint density at radius 2 is 2.10 bits per heavy atom. The van der Waals surface area contributed by atoms with Crippen molar-refractivity contribution in [2.45, 2.75) is 39.3 Å². The third-order valence-corrected chi connectivity index (χ3v) is 2.74. The average molecular weight is 291 g/mol. The van der Waals surface area contributed by atoms with Gasteiger partial charge in [-0.2, -0.15) is 4.80 Å². The number of rotatable bonds is 3. The Morgan fingerprint density at radius 3 is 2.71 bits per heavy atom. The van der Waals surface area contributed by atoms with Gasteiger partial charge in [0.25, 0.3) is 0 Å². The van der Waals surface area contributed by atoms with E-state index < -0.39 is 6.04 Å². The van der Waals surface area contributed by atoms with E-state index >= 15 is 0 Å². The van der Waals surface area contributed by atoms with E-state index in [1.165, 1.54) is 16.9 Å². The van der Waals surface area contributed by atoms with Crippen molar-refractivity contribution < 1.29 is 9.18 Å². The maximum Gasteiger partial charge on any atom is 0.246 e. The van der Waals surface area contributed by atoms with E-state index in [2.05, 4.69) is 20.7 Å². The SMILES string of the molecule is CC(C(=O)NC(C)(C)C)n1nnc(-c2cccc(F)c2)n1. The van der Waals surface area contributed by atoms with E-state index in [1.54, 1.807) is 19.1 Å². The summed E-state index contributed by atoms with van der Waals surface area (Å²) in [7, 11) is 0. The summed E-state index contributed by atoms with van der Waals surface area (Å²) in [4.78, 5) is 13.3. The molecular formula is C14H18FN5O. The highest BCUT2D eigenvalue weighted by molar-refractivity contribution is 5.80. The lowest BCUT2D eigenvalue weighted by molar-refractivity contribution is -0.125. The number of amides is 1. The van der Waals surface area contributed by atoms with Crippen LogP contribution in [0.15, 0.2) is 24.3 Å². The van der Waals surface area contributed by atoms with Crippen molar-refractivity contribution in [2.24, 2.45) is 0 Å². The van der Waals surface area contributed by atoms with Gasteiger partial charge in [-0.05, 0) is 45.0 Å². The van der Waals surface area contributed by atoms with Gasteiger partial charge in [-0.15, -0.1) is 10.2 Å². The second-order valence-electron chi connectivity index (χ2n) is 5.86. The van der Waals surface area contributed by atoms with Crippen molar-refractivity contribution in [3.63, 3.8) is 0 Å². The molecule has 7 heteroatoms. The number of aromatic nitrogens is 4. The number of nitrogens with zero attached hydrogens (tertiary/aromatic N) is 4. The molecule has 6 nitrogen and oxygen atoms in total. The Labute approximate surface area is 122 Å². The molecule has 0 aliphatic heterocycles. The minimum Gasteiger partial charge on any atom is -0.350 e. The summed E-state index contributed by atoms with van der Waals surface area (Å²) in [6.45, 7) is 7.36. The summed E-state index contributed by atoms with van der Waals surface area (Å²) in [5.74, 6) is -0.294. The quantitative estimate of drug-likeness (QED) is 0.938. The van der Waals surface area contributed by atoms with Gasteiger partial charge in [0.15, 0.2) is 0 Å². The van der Waals surface area contributed by atoms with Gasteiger partial charge in [-0.25, -0.2) is 4.39 Å². The van der Waals surface area contributed by atoms with Crippen LogP contribution in [-0.2, 0) is 4.79 Å². The van der Waals surface area contributed by atoms with Crippen molar-refractivity contribution in [1.82, 2.24) is 25.5 Å². The summed E-state index contributed by atoms with van der Waals surface area (Å²) in [5.41, 5.74) is 0.182. The molecule has 0 saturated carbocycles. The topological polar surface area (TPSA) is 72.7 Å². The first-order valence-electron chi connectivity index (χ1n) is 6.64. The third kappa shape index (κ3) is 3.84. The first-order chi connectivity index (χ1) is 9.76. The maximum atomic E-state index is 13.2. The Balaban J connectivity index is 2.18. The van der Waals surface area contributed by atoms with Gasteiger partial charge in [0.2, 0.25) is 11.7 Å². The van der Waals surface area contributed by atoms with E-state index in [-0.39, 0.29) is 23.1 Å². The predicted octanol–water partition coefficient (Wildman–Crippen LogP) is 1.95. The van der Waals surface area contributed by atoms with Crippen LogP contribution in [0.4, 0.5) is 4.39 Å². The molecule has 1 amide bonds. The van der Waals surface area contributed by atoms with Crippen LogP contribution < -0.4 is 5.32 Å². The van der Waals surface area contributed by atoms with Crippen molar-refractivity contribution in [3.05, 3.63) is 30.1 Å². The van der Waals surface area contributed by atoms with Crippen LogP contribution >= 0.6 is 0 Å². The monoisotopic (exact) mass is 291 g/mol. The maximum absolute atomic E-state index is 13.2. The molecule has 2 aromatic rings. The first kappa shape index (κ1) is 15.1. The number of halogens is 1. The number of hydrogen-bond donors (Lipinski definition) is 1. The van der Waals surface area contributed by atoms with E-state index in [1.807, 2.05) is 20.8 Å². The second kappa shape index (κ2) is 5.59. The predicted molar refractivity (Wildman–Crippen MR) is 75.8 cm³/mol. The number of carbonyl (C=O) groups is 1. The lowest BCUT2D eigenvalue weighted by Gasteiger charge is -2.22. The fourth-order valence-electron chi connectivity index (χ4n) is 1.71. The van der Waals surface area contributed by atoms with Crippen molar-refractivity contribution in [2.75, 3.05) is 0 Å². The Morgan fingerprint density at radius 1 is 1.38 bits per heavy atom. The highest BCUT2D eigenvalue weighted by Crippen LogP contribution is 2.15. The minimum absolute atomic E-state index is 0.203. The number of hydrogen-bond acceptors (Lipinski definition) is 4. The largest absolute Gasteiger partial charge is 0.350 e. The van der Waals surface area contributed by atoms with Crippen LogP contribution in [0.5, 0.6) is 0 Å². The van der Waals surface area contributed by atoms with Crippen molar-refractivity contribution >= 4 is 5.91 Å². The fourth-order valence-corrected chi connectivity index (χ4v) is 1.71. The molecule has 1 N–H and O–H groups in total. The van der Waals surface area contributed by atoms with Gasteiger partial charge < -0.3 is 5.32 Å². The van der Waals surface area contributed by atoms with Gasteiger partial charge in [0.1, 0.15) is 11.9 Å². The Bertz CT molecular complexity index is 647. The number of benzene rings is 1. The highest BCUT2D eigenvalue weighted by atomic mass is 19.1. The van der Waals surface area contributed by atoms with Crippen LogP contribution in [0.2, 0.25) is 0 Å². The molecule has 0 fully saturated rings. The third-order valence-electron chi connectivity index (χ3n) is 2.74. The smallest absolute Gasteiger partial charge is 0.246 e. The molecule has 21 heavy (non-hydrogen) atoms. The molecule has 1 aromatic heterocycles. The lowest BCUT2D eigenvalue weighted by Crippen LogP contribution is -2.44. The molecule has 2 rings (SSSR count). The minimum atomic E-state index is -0.598. The molecule has 0 spiro atoms. The standard InChI is InChI=1S/C14H18FN5O/c1-9(13(21)16-14(2,3)4)20-18-12(17-19-20)10-6-5-7-11(15)8-10/h5-9H,1-4H3,(H,16,21). The number of tetrazole rings is 1. The molecule has 0 aliphatic rings. The summed E-state index contributed by atoms with van der Waals surface area (Å²) in [5, 5.41) is 14.7. The zero-order chi connectivity index (χ0) is 15.6. The van der Waals surface area contributed by atoms with Gasteiger partial charge in [0.05, 0.1) is 0 Å². The van der Waals surface area contributed by atoms with Gasteiger partial charge in [-0.3, -0.25) is 4.79 Å². The van der Waals surface area contributed by atoms with Crippen LogP contribution in [0.1, 0.15) is 33.7 Å². The van der Waals surface area contributed by atoms with Crippen LogP contribution in [0.3, 0.4) is 0 Å². The molecule has 0 bridgehead atoms. The second-order valence-corrected chi connectivity index (χ2v) is 5.86. The molecule has 1 unspecified atom stereocenters. The summed E-state index contributed by atoms with van der Waals surface area (Å²) >= 11 is 0. The summed E-state index contributed by atoms with van der Waals surface area (Å²) in [6.07, 6.45) is 0. The van der Waals surface area contributed by atoms with E-state index in [4.69, 9.17) is 0 Å². The molecule has 1 atom stereocenters. The number of carbonyl (C=O) groups excluding carboxylic acids is 1. The van der Waals surface area contributed by atoms with Gasteiger partial charge >= 0.3 is 0 Å². The Hall–Kier alpha value is -2.31. The molecule has 0 radical (unpaired) electrons. The summed E-state index contributed by atoms with van der Waals surface area (Å²) < 4.78 is 13.2. The Kier molecular flexibility index (Phi) is 4.02. The van der Waals surface area contributed by atoms with E-state index in [0.29, 0.717) is 5.56 Å². The molecule has 112 valence electrons. The lowest BCUT2D eigenvalue weighted by atomic mass is 10.1. The van der Waals surface area contributed by atoms with Crippen LogP contribution in [-0.4, -0.2) is 31.7 Å². The summed E-state index contributed by atoms with van der Waals surface area (Å²) in [6, 6.07) is 5.32. The van der Waals surface area contributed by atoms with Crippen molar-refractivity contribution in [1.29, 1.82) is 0 Å². The normalized spacial score (nSPS) is 13.0. The first-order valence-corrected chi connectivity index (χ1v) is 6.64. The van der Waals surface area contributed by atoms with Gasteiger partial charge in [-0.1, -0.05) is 12.1 Å². The van der Waals surface area contributed by atoms with E-state index in [9.17, 15) is 9.18 Å². The molecule has 0 saturated heterocycles. The highest BCUT2D eigenvalue weighted by Gasteiger charge is 2.22. The zero-order valence-electron chi connectivity index (χ0n) is 12.5. The van der Waals surface area contributed by atoms with Gasteiger partial charge in [0, 0.05) is 11.1 Å².